The van der Waals surface area contributed by atoms with Crippen molar-refractivity contribution >= 4 is 0 Å². The summed E-state index contributed by atoms with van der Waals surface area (Å²) in [5, 5.41) is 16.5. The Morgan fingerprint density at radius 3 is 2.55 bits per heavy atom. The van der Waals surface area contributed by atoms with Gasteiger partial charge in [0.05, 0.1) is 18.4 Å². The molecule has 2 fully saturated rings. The van der Waals surface area contributed by atoms with Crippen LogP contribution in [0.4, 0.5) is 0 Å². The van der Waals surface area contributed by atoms with E-state index in [4.69, 9.17) is 0 Å². The lowest BCUT2D eigenvalue weighted by Crippen LogP contribution is -2.67. The van der Waals surface area contributed by atoms with Gasteiger partial charge in [-0.2, -0.15) is 0 Å². The first kappa shape index (κ1) is 7.45. The van der Waals surface area contributed by atoms with E-state index in [2.05, 4.69) is 26.6 Å². The third-order valence-electron chi connectivity index (χ3n) is 2.33. The fourth-order valence-corrected chi connectivity index (χ4v) is 1.73. The average Bonchev–Trinajstić information content (AvgIpc) is 2.50. The van der Waals surface area contributed by atoms with Gasteiger partial charge in [0.15, 0.2) is 0 Å². The summed E-state index contributed by atoms with van der Waals surface area (Å²) in [7, 11) is 1.97. The zero-order valence-electron chi connectivity index (χ0n) is 6.65. The molecule has 0 amide bonds. The number of fused-ring (bicyclic) bond motifs is 1. The van der Waals surface area contributed by atoms with Crippen molar-refractivity contribution in [3.63, 3.8) is 0 Å². The molecule has 2 aliphatic heterocycles. The minimum absolute atomic E-state index is 0.372. The largest absolute Gasteiger partial charge is 0.304 e. The van der Waals surface area contributed by atoms with Crippen LogP contribution in [0, 0.1) is 0 Å². The molecule has 5 heteroatoms. The van der Waals surface area contributed by atoms with Crippen LogP contribution in [0.25, 0.3) is 0 Å². The number of hydrogen-bond acceptors (Lipinski definition) is 5. The van der Waals surface area contributed by atoms with Crippen molar-refractivity contribution in [1.29, 1.82) is 0 Å². The minimum atomic E-state index is 0.372. The third-order valence-corrected chi connectivity index (χ3v) is 2.33. The normalized spacial score (nSPS) is 43.9. The van der Waals surface area contributed by atoms with Crippen molar-refractivity contribution in [1.82, 2.24) is 26.6 Å². The maximum absolute atomic E-state index is 3.36. The molecule has 0 radical (unpaired) electrons. The number of likely N-dealkylation sites (N-methyl/N-ethyl adjacent to an activating group) is 1. The highest BCUT2D eigenvalue weighted by molar-refractivity contribution is 4.95. The molecule has 5 N–H and O–H groups in total. The summed E-state index contributed by atoms with van der Waals surface area (Å²) < 4.78 is 0. The van der Waals surface area contributed by atoms with Gasteiger partial charge in [-0.15, -0.1) is 0 Å². The molecule has 0 spiro atoms. The summed E-state index contributed by atoms with van der Waals surface area (Å²) in [5.41, 5.74) is 0. The Bertz CT molecular complexity index is 139. The summed E-state index contributed by atoms with van der Waals surface area (Å²) in [6.45, 7) is 1.75. The predicted octanol–water partition coefficient (Wildman–Crippen LogP) is -2.47. The number of hydrogen-bond donors (Lipinski definition) is 5. The van der Waals surface area contributed by atoms with Gasteiger partial charge in [0.2, 0.25) is 0 Å². The van der Waals surface area contributed by atoms with E-state index in [9.17, 15) is 0 Å². The summed E-state index contributed by atoms with van der Waals surface area (Å²) in [4.78, 5) is 0. The Labute approximate surface area is 66.3 Å². The molecule has 0 aromatic rings. The van der Waals surface area contributed by atoms with Crippen LogP contribution < -0.4 is 26.6 Å². The SMILES string of the molecule is CNC1NCNC2NCNC12. The van der Waals surface area contributed by atoms with Crippen molar-refractivity contribution in [2.45, 2.75) is 18.4 Å². The topological polar surface area (TPSA) is 60.1 Å². The number of rotatable bonds is 1. The molecule has 0 aromatic heterocycles. The van der Waals surface area contributed by atoms with Crippen molar-refractivity contribution in [3.8, 4) is 0 Å². The maximum atomic E-state index is 3.36. The van der Waals surface area contributed by atoms with E-state index in [1.54, 1.807) is 0 Å². The predicted molar refractivity (Wildman–Crippen MR) is 42.7 cm³/mol. The molecule has 64 valence electrons. The lowest BCUT2D eigenvalue weighted by Gasteiger charge is -2.34. The first-order valence-corrected chi connectivity index (χ1v) is 4.02. The Kier molecular flexibility index (Phi) is 2.06. The van der Waals surface area contributed by atoms with Gasteiger partial charge in [-0.3, -0.25) is 21.3 Å². The highest BCUT2D eigenvalue weighted by Crippen LogP contribution is 2.03. The molecule has 3 unspecified atom stereocenters. The van der Waals surface area contributed by atoms with Gasteiger partial charge >= 0.3 is 0 Å². The Morgan fingerprint density at radius 2 is 1.82 bits per heavy atom. The quantitative estimate of drug-likeness (QED) is 0.292. The van der Waals surface area contributed by atoms with Crippen molar-refractivity contribution in [2.75, 3.05) is 20.4 Å². The van der Waals surface area contributed by atoms with E-state index in [-0.39, 0.29) is 0 Å². The van der Waals surface area contributed by atoms with Gasteiger partial charge in [0.25, 0.3) is 0 Å². The first-order chi connectivity index (χ1) is 5.42. The number of nitrogens with one attached hydrogen (secondary N) is 5. The summed E-state index contributed by atoms with van der Waals surface area (Å²) in [6, 6.07) is 0.453. The van der Waals surface area contributed by atoms with Crippen LogP contribution in [-0.4, -0.2) is 38.8 Å². The van der Waals surface area contributed by atoms with E-state index < -0.39 is 0 Å². The second kappa shape index (κ2) is 3.04. The molecule has 3 atom stereocenters. The van der Waals surface area contributed by atoms with Crippen LogP contribution in [0.2, 0.25) is 0 Å². The second-order valence-electron chi connectivity index (χ2n) is 2.94. The van der Waals surface area contributed by atoms with Crippen molar-refractivity contribution in [3.05, 3.63) is 0 Å². The summed E-state index contributed by atoms with van der Waals surface area (Å²) in [6.07, 6.45) is 0.782. The molecule has 11 heavy (non-hydrogen) atoms. The van der Waals surface area contributed by atoms with Crippen molar-refractivity contribution < 1.29 is 0 Å². The molecule has 0 aliphatic carbocycles. The molecule has 0 saturated carbocycles. The second-order valence-corrected chi connectivity index (χ2v) is 2.94. The minimum Gasteiger partial charge on any atom is -0.304 e. The molecule has 2 aliphatic rings. The molecule has 2 saturated heterocycles. The lowest BCUT2D eigenvalue weighted by atomic mass is 10.1. The molecule has 2 heterocycles. The van der Waals surface area contributed by atoms with E-state index >= 15 is 0 Å². The van der Waals surface area contributed by atoms with Gasteiger partial charge in [-0.1, -0.05) is 0 Å². The van der Waals surface area contributed by atoms with Crippen LogP contribution in [0.1, 0.15) is 0 Å². The third kappa shape index (κ3) is 1.25. The van der Waals surface area contributed by atoms with Gasteiger partial charge in [-0.25, -0.2) is 0 Å². The zero-order chi connectivity index (χ0) is 7.68. The van der Waals surface area contributed by atoms with Crippen LogP contribution >= 0.6 is 0 Å². The molecule has 0 aromatic carbocycles. The Balaban J connectivity index is 2.00. The maximum Gasteiger partial charge on any atom is 0.0778 e. The molecular formula is C6H15N5. The van der Waals surface area contributed by atoms with Crippen LogP contribution in [0.5, 0.6) is 0 Å². The fourth-order valence-electron chi connectivity index (χ4n) is 1.73. The van der Waals surface area contributed by atoms with E-state index in [0.29, 0.717) is 18.4 Å². The van der Waals surface area contributed by atoms with Crippen LogP contribution in [0.3, 0.4) is 0 Å². The van der Waals surface area contributed by atoms with E-state index in [1.807, 2.05) is 7.05 Å². The fraction of sp³-hybridized carbons (Fsp3) is 1.00. The highest BCUT2D eigenvalue weighted by Gasteiger charge is 2.34. The summed E-state index contributed by atoms with van der Waals surface area (Å²) >= 11 is 0. The molecular weight excluding hydrogens is 142 g/mol. The highest BCUT2D eigenvalue weighted by atomic mass is 15.4. The van der Waals surface area contributed by atoms with Gasteiger partial charge in [-0.05, 0) is 7.05 Å². The van der Waals surface area contributed by atoms with Crippen molar-refractivity contribution in [2.24, 2.45) is 0 Å². The van der Waals surface area contributed by atoms with Gasteiger partial charge in [0.1, 0.15) is 0 Å². The monoisotopic (exact) mass is 157 g/mol. The molecule has 0 bridgehead atoms. The zero-order valence-corrected chi connectivity index (χ0v) is 6.65. The van der Waals surface area contributed by atoms with Gasteiger partial charge in [0, 0.05) is 13.3 Å². The van der Waals surface area contributed by atoms with Crippen LogP contribution in [-0.2, 0) is 0 Å². The standard InChI is InChI=1S/C6H15N5/c1-7-5-4-6(10-2-8-4)11-3-9-5/h4-11H,2-3H2,1H3. The van der Waals surface area contributed by atoms with E-state index in [1.165, 1.54) is 0 Å². The smallest absolute Gasteiger partial charge is 0.0778 e. The Hall–Kier alpha value is -0.200. The Morgan fingerprint density at radius 1 is 1.09 bits per heavy atom. The van der Waals surface area contributed by atoms with Gasteiger partial charge < -0.3 is 5.32 Å². The molecule has 5 nitrogen and oxygen atoms in total. The van der Waals surface area contributed by atoms with Crippen LogP contribution in [0.15, 0.2) is 0 Å². The first-order valence-electron chi connectivity index (χ1n) is 4.02. The lowest BCUT2D eigenvalue weighted by molar-refractivity contribution is 0.245. The molecule has 2 rings (SSSR count). The average molecular weight is 157 g/mol. The van der Waals surface area contributed by atoms with E-state index in [0.717, 1.165) is 13.3 Å². The summed E-state index contributed by atoms with van der Waals surface area (Å²) in [5.74, 6) is 0.